The summed E-state index contributed by atoms with van der Waals surface area (Å²) < 4.78 is 0. The van der Waals surface area contributed by atoms with Gasteiger partial charge in [-0.3, -0.25) is 4.79 Å². The summed E-state index contributed by atoms with van der Waals surface area (Å²) in [6.07, 6.45) is 1.14. The highest BCUT2D eigenvalue weighted by molar-refractivity contribution is 5.89. The molecular weight excluding hydrogens is 242 g/mol. The molecule has 0 saturated carbocycles. The molecule has 0 heterocycles. The number of hydrogen-bond donors (Lipinski definition) is 1. The average Bonchev–Trinajstić information content (AvgIpc) is 2.69. The van der Waals surface area contributed by atoms with Gasteiger partial charge in [0.2, 0.25) is 5.91 Å². The summed E-state index contributed by atoms with van der Waals surface area (Å²) >= 11 is 0. The van der Waals surface area contributed by atoms with Gasteiger partial charge in [-0.05, 0) is 37.8 Å². The van der Waals surface area contributed by atoms with E-state index >= 15 is 0 Å². The van der Waals surface area contributed by atoms with Gasteiger partial charge in [0.1, 0.15) is 0 Å². The summed E-state index contributed by atoms with van der Waals surface area (Å²) in [6, 6.07) is 7.36. The summed E-state index contributed by atoms with van der Waals surface area (Å²) in [7, 11) is 0. The molecule has 1 aliphatic carbocycles. The Bertz CT molecular complexity index is 524. The van der Waals surface area contributed by atoms with E-state index in [1.807, 2.05) is 38.1 Å². The van der Waals surface area contributed by atoms with E-state index in [4.69, 9.17) is 0 Å². The zero-order valence-electron chi connectivity index (χ0n) is 11.5. The van der Waals surface area contributed by atoms with Crippen molar-refractivity contribution < 1.29 is 14.7 Å². The molecule has 19 heavy (non-hydrogen) atoms. The number of carbonyl (C=O) groups excluding carboxylic acids is 1. The lowest BCUT2D eigenvalue weighted by atomic mass is 9.88. The molecule has 2 rings (SSSR count). The zero-order chi connectivity index (χ0) is 14.2. The number of amides is 1. The summed E-state index contributed by atoms with van der Waals surface area (Å²) in [4.78, 5) is 25.4. The van der Waals surface area contributed by atoms with Crippen LogP contribution in [0.4, 0.5) is 0 Å². The smallest absolute Gasteiger partial charge is 0.334 e. The Morgan fingerprint density at radius 2 is 1.95 bits per heavy atom. The molecule has 0 bridgehead atoms. The third-order valence-electron chi connectivity index (χ3n) is 3.84. The number of carboxylic acid groups (broad SMARTS) is 1. The molecule has 1 aromatic carbocycles. The number of fused-ring (bicyclic) bond motifs is 1. The molecule has 1 unspecified atom stereocenters. The van der Waals surface area contributed by atoms with Crippen LogP contribution >= 0.6 is 0 Å². The standard InChI is InChI=1S/C15H19NO3/c1-10(2)16(11(3)17)15(14(18)19)9-8-12-6-4-5-7-13(12)15/h4-7,10H,8-9H2,1-3H3,(H,18,19). The first-order valence-corrected chi connectivity index (χ1v) is 6.53. The highest BCUT2D eigenvalue weighted by Crippen LogP contribution is 2.43. The van der Waals surface area contributed by atoms with Crippen molar-refractivity contribution in [2.24, 2.45) is 0 Å². The molecule has 1 aromatic rings. The van der Waals surface area contributed by atoms with E-state index in [-0.39, 0.29) is 11.9 Å². The number of hydrogen-bond acceptors (Lipinski definition) is 2. The Labute approximate surface area is 113 Å². The highest BCUT2D eigenvalue weighted by atomic mass is 16.4. The zero-order valence-corrected chi connectivity index (χ0v) is 11.5. The van der Waals surface area contributed by atoms with Crippen LogP contribution in [0, 0.1) is 0 Å². The largest absolute Gasteiger partial charge is 0.479 e. The van der Waals surface area contributed by atoms with Gasteiger partial charge in [0.05, 0.1) is 0 Å². The first kappa shape index (κ1) is 13.6. The third-order valence-corrected chi connectivity index (χ3v) is 3.84. The Balaban J connectivity index is 2.64. The predicted molar refractivity (Wildman–Crippen MR) is 71.7 cm³/mol. The maximum absolute atomic E-state index is 12.0. The summed E-state index contributed by atoms with van der Waals surface area (Å²) in [5.74, 6) is -1.14. The number of benzene rings is 1. The fourth-order valence-corrected chi connectivity index (χ4v) is 3.24. The van der Waals surface area contributed by atoms with Gasteiger partial charge in [0.25, 0.3) is 0 Å². The first-order chi connectivity index (χ1) is 8.91. The highest BCUT2D eigenvalue weighted by Gasteiger charge is 2.52. The molecule has 0 saturated heterocycles. The number of rotatable bonds is 3. The molecule has 0 radical (unpaired) electrons. The lowest BCUT2D eigenvalue weighted by Gasteiger charge is -2.41. The molecule has 1 amide bonds. The first-order valence-electron chi connectivity index (χ1n) is 6.53. The van der Waals surface area contributed by atoms with Gasteiger partial charge in [-0.2, -0.15) is 0 Å². The van der Waals surface area contributed by atoms with Gasteiger partial charge in [0, 0.05) is 13.0 Å². The van der Waals surface area contributed by atoms with Crippen LogP contribution in [0.15, 0.2) is 24.3 Å². The molecule has 1 aliphatic rings. The van der Waals surface area contributed by atoms with Crippen LogP contribution < -0.4 is 0 Å². The molecule has 0 aromatic heterocycles. The van der Waals surface area contributed by atoms with Crippen molar-refractivity contribution >= 4 is 11.9 Å². The molecular formula is C15H19NO3. The average molecular weight is 261 g/mol. The summed E-state index contributed by atoms with van der Waals surface area (Å²) in [5.41, 5.74) is 0.569. The van der Waals surface area contributed by atoms with E-state index in [2.05, 4.69) is 0 Å². The molecule has 0 spiro atoms. The van der Waals surface area contributed by atoms with Crippen molar-refractivity contribution in [1.82, 2.24) is 4.90 Å². The van der Waals surface area contributed by atoms with E-state index in [0.29, 0.717) is 12.8 Å². The van der Waals surface area contributed by atoms with Crippen LogP contribution in [0.5, 0.6) is 0 Å². The Morgan fingerprint density at radius 3 is 2.47 bits per heavy atom. The number of carbonyl (C=O) groups is 2. The molecule has 4 nitrogen and oxygen atoms in total. The number of aryl methyl sites for hydroxylation is 1. The van der Waals surface area contributed by atoms with Crippen LogP contribution in [-0.4, -0.2) is 27.9 Å². The van der Waals surface area contributed by atoms with Crippen molar-refractivity contribution in [1.29, 1.82) is 0 Å². The number of aliphatic carboxylic acids is 1. The van der Waals surface area contributed by atoms with E-state index < -0.39 is 11.5 Å². The van der Waals surface area contributed by atoms with Gasteiger partial charge in [-0.25, -0.2) is 4.79 Å². The van der Waals surface area contributed by atoms with Crippen molar-refractivity contribution in [2.75, 3.05) is 0 Å². The number of carboxylic acids is 1. The van der Waals surface area contributed by atoms with E-state index in [1.165, 1.54) is 11.8 Å². The fourth-order valence-electron chi connectivity index (χ4n) is 3.24. The monoisotopic (exact) mass is 261 g/mol. The van der Waals surface area contributed by atoms with Crippen molar-refractivity contribution in [3.63, 3.8) is 0 Å². The SMILES string of the molecule is CC(=O)N(C(C)C)C1(C(=O)O)CCc2ccccc21. The second-order valence-electron chi connectivity index (χ2n) is 5.31. The molecule has 102 valence electrons. The Morgan fingerprint density at radius 1 is 1.32 bits per heavy atom. The van der Waals surface area contributed by atoms with Gasteiger partial charge in [-0.15, -0.1) is 0 Å². The van der Waals surface area contributed by atoms with E-state index in [0.717, 1.165) is 11.1 Å². The third kappa shape index (κ3) is 1.91. The molecule has 1 N–H and O–H groups in total. The van der Waals surface area contributed by atoms with Crippen molar-refractivity contribution in [3.05, 3.63) is 35.4 Å². The minimum Gasteiger partial charge on any atom is -0.479 e. The lowest BCUT2D eigenvalue weighted by molar-refractivity contribution is -0.162. The van der Waals surface area contributed by atoms with Gasteiger partial charge in [0.15, 0.2) is 5.54 Å². The van der Waals surface area contributed by atoms with Crippen molar-refractivity contribution in [3.8, 4) is 0 Å². The van der Waals surface area contributed by atoms with Gasteiger partial charge in [-0.1, -0.05) is 24.3 Å². The lowest BCUT2D eigenvalue weighted by Crippen LogP contribution is -2.55. The van der Waals surface area contributed by atoms with E-state index in [1.54, 1.807) is 0 Å². The van der Waals surface area contributed by atoms with Crippen LogP contribution in [0.2, 0.25) is 0 Å². The van der Waals surface area contributed by atoms with Crippen LogP contribution in [0.25, 0.3) is 0 Å². The second kappa shape index (κ2) is 4.68. The van der Waals surface area contributed by atoms with Crippen LogP contribution in [0.3, 0.4) is 0 Å². The minimum atomic E-state index is -1.21. The fraction of sp³-hybridized carbons (Fsp3) is 0.467. The molecule has 0 aliphatic heterocycles. The topological polar surface area (TPSA) is 57.6 Å². The van der Waals surface area contributed by atoms with Gasteiger partial charge < -0.3 is 10.0 Å². The van der Waals surface area contributed by atoms with Crippen LogP contribution in [-0.2, 0) is 21.5 Å². The normalized spacial score (nSPS) is 21.3. The maximum Gasteiger partial charge on any atom is 0.334 e. The Kier molecular flexibility index (Phi) is 3.35. The molecule has 0 fully saturated rings. The maximum atomic E-state index is 12.0. The second-order valence-corrected chi connectivity index (χ2v) is 5.31. The van der Waals surface area contributed by atoms with Crippen molar-refractivity contribution in [2.45, 2.75) is 45.2 Å². The molecule has 1 atom stereocenters. The minimum absolute atomic E-state index is 0.153. The van der Waals surface area contributed by atoms with Gasteiger partial charge >= 0.3 is 5.97 Å². The Hall–Kier alpha value is -1.84. The molecule has 4 heteroatoms. The predicted octanol–water partition coefficient (Wildman–Crippen LogP) is 2.17. The number of nitrogens with zero attached hydrogens (tertiary/aromatic N) is 1. The van der Waals surface area contributed by atoms with Crippen LogP contribution in [0.1, 0.15) is 38.3 Å². The van der Waals surface area contributed by atoms with E-state index in [9.17, 15) is 14.7 Å². The summed E-state index contributed by atoms with van der Waals surface area (Å²) in [6.45, 7) is 5.14. The summed E-state index contributed by atoms with van der Waals surface area (Å²) in [5, 5.41) is 9.78. The quantitative estimate of drug-likeness (QED) is 0.907.